The first kappa shape index (κ1) is 10.6. The van der Waals surface area contributed by atoms with E-state index in [0.29, 0.717) is 0 Å². The van der Waals surface area contributed by atoms with Crippen molar-refractivity contribution >= 4 is 0 Å². The van der Waals surface area contributed by atoms with Gasteiger partial charge in [-0.15, -0.1) is 0 Å². The molecular weight excluding hydrogens is 196 g/mol. The summed E-state index contributed by atoms with van der Waals surface area (Å²) in [5.41, 5.74) is 7.12. The lowest BCUT2D eigenvalue weighted by Gasteiger charge is -2.45. The van der Waals surface area contributed by atoms with Crippen molar-refractivity contribution in [2.45, 2.75) is 37.6 Å². The monoisotopic (exact) mass is 211 g/mol. The van der Waals surface area contributed by atoms with Gasteiger partial charge in [-0.3, -0.25) is 0 Å². The maximum absolute atomic E-state index is 12.8. The molecule has 3 heteroatoms. The van der Waals surface area contributed by atoms with Gasteiger partial charge in [0.2, 0.25) is 0 Å². The summed E-state index contributed by atoms with van der Waals surface area (Å²) < 4.78 is 25.6. The van der Waals surface area contributed by atoms with Crippen LogP contribution in [0.15, 0.2) is 24.3 Å². The fourth-order valence-corrected chi connectivity index (χ4v) is 2.18. The summed E-state index contributed by atoms with van der Waals surface area (Å²) in [4.78, 5) is 0. The highest BCUT2D eigenvalue weighted by molar-refractivity contribution is 5.32. The Bertz CT molecular complexity index is 366. The molecule has 82 valence electrons. The molecular formula is C12H15F2N. The predicted octanol–water partition coefficient (Wildman–Crippen LogP) is 2.83. The minimum absolute atomic E-state index is 0.229. The third kappa shape index (κ3) is 1.88. The molecule has 1 nitrogen and oxygen atoms in total. The number of alkyl halides is 2. The van der Waals surface area contributed by atoms with Crippen molar-refractivity contribution < 1.29 is 8.78 Å². The number of rotatable bonds is 2. The van der Waals surface area contributed by atoms with E-state index in [2.05, 4.69) is 0 Å². The summed E-state index contributed by atoms with van der Waals surface area (Å²) in [7, 11) is 0. The van der Waals surface area contributed by atoms with Crippen molar-refractivity contribution in [1.29, 1.82) is 0 Å². The van der Waals surface area contributed by atoms with E-state index in [1.807, 2.05) is 31.2 Å². The smallest absolute Gasteiger partial charge is 0.252 e. The van der Waals surface area contributed by atoms with Crippen molar-refractivity contribution in [3.8, 4) is 0 Å². The van der Waals surface area contributed by atoms with Crippen LogP contribution >= 0.6 is 0 Å². The molecule has 0 heterocycles. The first-order valence-electron chi connectivity index (χ1n) is 5.21. The van der Waals surface area contributed by atoms with Gasteiger partial charge in [-0.1, -0.05) is 31.2 Å². The molecule has 0 amide bonds. The SMILES string of the molecule is CCc1cccc(C2(N)CC(F)(F)C2)c1. The van der Waals surface area contributed by atoms with Crippen LogP contribution in [0, 0.1) is 0 Å². The van der Waals surface area contributed by atoms with Crippen molar-refractivity contribution in [2.75, 3.05) is 0 Å². The number of hydrogen-bond donors (Lipinski definition) is 1. The van der Waals surface area contributed by atoms with Gasteiger partial charge in [-0.25, -0.2) is 8.78 Å². The largest absolute Gasteiger partial charge is 0.321 e. The average molecular weight is 211 g/mol. The molecule has 0 bridgehead atoms. The topological polar surface area (TPSA) is 26.0 Å². The Labute approximate surface area is 88.3 Å². The highest BCUT2D eigenvalue weighted by Crippen LogP contribution is 2.49. The quantitative estimate of drug-likeness (QED) is 0.799. The van der Waals surface area contributed by atoms with Gasteiger partial charge >= 0.3 is 0 Å². The van der Waals surface area contributed by atoms with Crippen molar-refractivity contribution in [2.24, 2.45) is 5.73 Å². The van der Waals surface area contributed by atoms with Crippen LogP contribution in [-0.2, 0) is 12.0 Å². The Morgan fingerprint density at radius 1 is 1.33 bits per heavy atom. The first-order valence-corrected chi connectivity index (χ1v) is 5.21. The van der Waals surface area contributed by atoms with Gasteiger partial charge < -0.3 is 5.73 Å². The van der Waals surface area contributed by atoms with E-state index in [4.69, 9.17) is 5.73 Å². The third-order valence-electron chi connectivity index (χ3n) is 3.06. The van der Waals surface area contributed by atoms with Crippen LogP contribution in [0.4, 0.5) is 8.78 Å². The third-order valence-corrected chi connectivity index (χ3v) is 3.06. The highest BCUT2D eigenvalue weighted by Gasteiger charge is 2.55. The molecule has 2 N–H and O–H groups in total. The zero-order chi connectivity index (χ0) is 11.1. The fourth-order valence-electron chi connectivity index (χ4n) is 2.18. The van der Waals surface area contributed by atoms with E-state index < -0.39 is 11.5 Å². The zero-order valence-electron chi connectivity index (χ0n) is 8.76. The molecule has 0 spiro atoms. The van der Waals surface area contributed by atoms with E-state index in [1.54, 1.807) is 0 Å². The Morgan fingerprint density at radius 2 is 2.00 bits per heavy atom. The molecule has 0 radical (unpaired) electrons. The number of hydrogen-bond acceptors (Lipinski definition) is 1. The molecule has 0 atom stereocenters. The molecule has 1 aliphatic rings. The average Bonchev–Trinajstić information content (AvgIpc) is 2.15. The molecule has 0 unspecified atom stereocenters. The van der Waals surface area contributed by atoms with Crippen LogP contribution < -0.4 is 5.73 Å². The number of halogens is 2. The summed E-state index contributed by atoms with van der Waals surface area (Å²) in [6.45, 7) is 2.04. The molecule has 1 saturated carbocycles. The normalized spacial score (nSPS) is 22.1. The summed E-state index contributed by atoms with van der Waals surface area (Å²) >= 11 is 0. The second kappa shape index (κ2) is 3.27. The van der Waals surface area contributed by atoms with Gasteiger partial charge in [-0.2, -0.15) is 0 Å². The number of nitrogens with two attached hydrogens (primary N) is 1. The molecule has 0 saturated heterocycles. The molecule has 1 aromatic carbocycles. The van der Waals surface area contributed by atoms with E-state index >= 15 is 0 Å². The van der Waals surface area contributed by atoms with E-state index in [1.165, 1.54) is 0 Å². The molecule has 2 rings (SSSR count). The van der Waals surface area contributed by atoms with Gasteiger partial charge in [0.1, 0.15) is 0 Å². The van der Waals surface area contributed by atoms with Gasteiger partial charge in [0, 0.05) is 12.8 Å². The fraction of sp³-hybridized carbons (Fsp3) is 0.500. The van der Waals surface area contributed by atoms with E-state index in [0.717, 1.165) is 17.5 Å². The van der Waals surface area contributed by atoms with Crippen molar-refractivity contribution in [3.05, 3.63) is 35.4 Å². The molecule has 1 aliphatic carbocycles. The van der Waals surface area contributed by atoms with Gasteiger partial charge in [0.05, 0.1) is 5.54 Å². The molecule has 0 aromatic heterocycles. The van der Waals surface area contributed by atoms with Crippen LogP contribution in [0.3, 0.4) is 0 Å². The molecule has 1 aromatic rings. The standard InChI is InChI=1S/C12H15F2N/c1-2-9-4-3-5-10(6-9)11(15)7-12(13,14)8-11/h3-6H,2,7-8,15H2,1H3. The lowest BCUT2D eigenvalue weighted by atomic mass is 9.69. The maximum atomic E-state index is 12.8. The lowest BCUT2D eigenvalue weighted by Crippen LogP contribution is -2.55. The van der Waals surface area contributed by atoms with Crippen LogP contribution in [0.1, 0.15) is 30.9 Å². The van der Waals surface area contributed by atoms with Gasteiger partial charge in [-0.05, 0) is 17.5 Å². The minimum Gasteiger partial charge on any atom is -0.321 e. The van der Waals surface area contributed by atoms with Gasteiger partial charge in [0.25, 0.3) is 5.92 Å². The summed E-state index contributed by atoms with van der Waals surface area (Å²) in [5, 5.41) is 0. The van der Waals surface area contributed by atoms with Crippen LogP contribution in [-0.4, -0.2) is 5.92 Å². The van der Waals surface area contributed by atoms with E-state index in [9.17, 15) is 8.78 Å². The van der Waals surface area contributed by atoms with E-state index in [-0.39, 0.29) is 12.8 Å². The van der Waals surface area contributed by atoms with Crippen molar-refractivity contribution in [1.82, 2.24) is 0 Å². The minimum atomic E-state index is -2.57. The summed E-state index contributed by atoms with van der Waals surface area (Å²) in [5.74, 6) is -2.57. The summed E-state index contributed by atoms with van der Waals surface area (Å²) in [6.07, 6.45) is 0.445. The number of benzene rings is 1. The molecule has 0 aliphatic heterocycles. The van der Waals surface area contributed by atoms with Crippen molar-refractivity contribution in [3.63, 3.8) is 0 Å². The summed E-state index contributed by atoms with van der Waals surface area (Å²) in [6, 6.07) is 7.66. The van der Waals surface area contributed by atoms with Crippen LogP contribution in [0.5, 0.6) is 0 Å². The Hall–Kier alpha value is -0.960. The maximum Gasteiger partial charge on any atom is 0.252 e. The Morgan fingerprint density at radius 3 is 2.53 bits per heavy atom. The van der Waals surface area contributed by atoms with Crippen LogP contribution in [0.2, 0.25) is 0 Å². The predicted molar refractivity (Wildman–Crippen MR) is 55.9 cm³/mol. The lowest BCUT2D eigenvalue weighted by molar-refractivity contribution is -0.125. The molecule has 15 heavy (non-hydrogen) atoms. The Balaban J connectivity index is 2.23. The highest BCUT2D eigenvalue weighted by atomic mass is 19.3. The second-order valence-corrected chi connectivity index (χ2v) is 4.42. The second-order valence-electron chi connectivity index (χ2n) is 4.42. The number of aryl methyl sites for hydroxylation is 1. The Kier molecular flexibility index (Phi) is 2.30. The molecule has 1 fully saturated rings. The zero-order valence-corrected chi connectivity index (χ0v) is 8.76. The first-order chi connectivity index (χ1) is 6.95. The van der Waals surface area contributed by atoms with Gasteiger partial charge in [0.15, 0.2) is 0 Å². The van der Waals surface area contributed by atoms with Crippen LogP contribution in [0.25, 0.3) is 0 Å².